The molecule has 112 valence electrons. The smallest absolute Gasteiger partial charge is 0.207 e. The van der Waals surface area contributed by atoms with Crippen LogP contribution in [0.4, 0.5) is 0 Å². The summed E-state index contributed by atoms with van der Waals surface area (Å²) in [5.41, 5.74) is 0.743. The molecule has 1 N–H and O–H groups in total. The van der Waals surface area contributed by atoms with Gasteiger partial charge in [0, 0.05) is 17.0 Å². The van der Waals surface area contributed by atoms with Crippen LogP contribution in [0.15, 0.2) is 71.6 Å². The van der Waals surface area contributed by atoms with Crippen molar-refractivity contribution in [1.82, 2.24) is 4.72 Å². The van der Waals surface area contributed by atoms with Crippen LogP contribution in [0.2, 0.25) is 5.02 Å². The van der Waals surface area contributed by atoms with Gasteiger partial charge in [0.15, 0.2) is 0 Å². The summed E-state index contributed by atoms with van der Waals surface area (Å²) in [6, 6.07) is 19.8. The summed E-state index contributed by atoms with van der Waals surface area (Å²) in [6.07, 6.45) is 0. The van der Waals surface area contributed by atoms with Gasteiger partial charge in [0.25, 0.3) is 0 Å². The van der Waals surface area contributed by atoms with Crippen molar-refractivity contribution in [2.24, 2.45) is 0 Å². The molecule has 3 aromatic rings. The number of halogens is 1. The van der Waals surface area contributed by atoms with E-state index in [4.69, 9.17) is 11.6 Å². The SMILES string of the molecule is O=S(=O)(NCc1ccccc1Cl)c1cccc2ccccc12. The first-order chi connectivity index (χ1) is 10.6. The molecule has 0 amide bonds. The number of sulfonamides is 1. The Morgan fingerprint density at radius 2 is 1.55 bits per heavy atom. The zero-order valence-electron chi connectivity index (χ0n) is 11.7. The standard InChI is InChI=1S/C17H14ClNO2S/c18-16-10-4-2-7-14(16)12-19-22(20,21)17-11-5-8-13-6-1-3-9-15(13)17/h1-11,19H,12H2. The molecule has 0 saturated carbocycles. The fraction of sp³-hybridized carbons (Fsp3) is 0.0588. The van der Waals surface area contributed by atoms with E-state index in [0.29, 0.717) is 10.4 Å². The van der Waals surface area contributed by atoms with Gasteiger partial charge in [0.05, 0.1) is 4.90 Å². The fourth-order valence-corrected chi connectivity index (χ4v) is 3.76. The molecule has 0 atom stereocenters. The Labute approximate surface area is 134 Å². The normalized spacial score (nSPS) is 11.7. The minimum atomic E-state index is -3.61. The summed E-state index contributed by atoms with van der Waals surface area (Å²) in [5.74, 6) is 0. The third-order valence-electron chi connectivity index (χ3n) is 3.45. The van der Waals surface area contributed by atoms with E-state index < -0.39 is 10.0 Å². The molecule has 3 nitrogen and oxygen atoms in total. The van der Waals surface area contributed by atoms with E-state index in [1.165, 1.54) is 0 Å². The van der Waals surface area contributed by atoms with Gasteiger partial charge in [0.1, 0.15) is 0 Å². The first-order valence-electron chi connectivity index (χ1n) is 6.79. The zero-order chi connectivity index (χ0) is 15.6. The van der Waals surface area contributed by atoms with Crippen LogP contribution in [-0.2, 0) is 16.6 Å². The minimum absolute atomic E-state index is 0.158. The van der Waals surface area contributed by atoms with Crippen LogP contribution in [0, 0.1) is 0 Å². The van der Waals surface area contributed by atoms with Gasteiger partial charge in [-0.25, -0.2) is 13.1 Å². The fourth-order valence-electron chi connectivity index (χ4n) is 2.32. The van der Waals surface area contributed by atoms with Gasteiger partial charge in [-0.2, -0.15) is 0 Å². The quantitative estimate of drug-likeness (QED) is 0.786. The van der Waals surface area contributed by atoms with E-state index >= 15 is 0 Å². The summed E-state index contributed by atoms with van der Waals surface area (Å²) >= 11 is 6.06. The van der Waals surface area contributed by atoms with Crippen molar-refractivity contribution in [1.29, 1.82) is 0 Å². The van der Waals surface area contributed by atoms with Crippen LogP contribution < -0.4 is 4.72 Å². The minimum Gasteiger partial charge on any atom is -0.207 e. The molecular formula is C17H14ClNO2S. The first-order valence-corrected chi connectivity index (χ1v) is 8.65. The maximum absolute atomic E-state index is 12.6. The summed E-state index contributed by atoms with van der Waals surface area (Å²) in [4.78, 5) is 0.276. The molecular weight excluding hydrogens is 318 g/mol. The molecule has 3 rings (SSSR count). The van der Waals surface area contributed by atoms with Crippen molar-refractivity contribution in [2.75, 3.05) is 0 Å². The lowest BCUT2D eigenvalue weighted by atomic mass is 10.1. The second-order valence-corrected chi connectivity index (χ2v) is 7.04. The second kappa shape index (κ2) is 6.08. The van der Waals surface area contributed by atoms with Crippen LogP contribution in [0.25, 0.3) is 10.8 Å². The summed E-state index contributed by atoms with van der Waals surface area (Å²) < 4.78 is 27.8. The van der Waals surface area contributed by atoms with Gasteiger partial charge in [0.2, 0.25) is 10.0 Å². The highest BCUT2D eigenvalue weighted by atomic mass is 35.5. The highest BCUT2D eigenvalue weighted by Gasteiger charge is 2.17. The number of hydrogen-bond acceptors (Lipinski definition) is 2. The van der Waals surface area contributed by atoms with Crippen molar-refractivity contribution >= 4 is 32.4 Å². The predicted octanol–water partition coefficient (Wildman–Crippen LogP) is 3.97. The zero-order valence-corrected chi connectivity index (χ0v) is 13.2. The van der Waals surface area contributed by atoms with Crippen molar-refractivity contribution in [3.05, 3.63) is 77.3 Å². The molecule has 0 unspecified atom stereocenters. The molecule has 0 heterocycles. The lowest BCUT2D eigenvalue weighted by Gasteiger charge is -2.10. The molecule has 0 radical (unpaired) electrons. The van der Waals surface area contributed by atoms with Crippen molar-refractivity contribution in [3.8, 4) is 0 Å². The maximum atomic E-state index is 12.6. The molecule has 0 bridgehead atoms. The van der Waals surface area contributed by atoms with Gasteiger partial charge in [-0.1, -0.05) is 66.2 Å². The third-order valence-corrected chi connectivity index (χ3v) is 5.28. The van der Waals surface area contributed by atoms with E-state index in [2.05, 4.69) is 4.72 Å². The van der Waals surface area contributed by atoms with Crippen LogP contribution in [-0.4, -0.2) is 8.42 Å². The highest BCUT2D eigenvalue weighted by Crippen LogP contribution is 2.23. The van der Waals surface area contributed by atoms with E-state index in [0.717, 1.165) is 10.9 Å². The molecule has 0 spiro atoms. The monoisotopic (exact) mass is 331 g/mol. The summed E-state index contributed by atoms with van der Waals surface area (Å²) in [5, 5.41) is 2.14. The van der Waals surface area contributed by atoms with E-state index in [1.807, 2.05) is 36.4 Å². The molecule has 3 aromatic carbocycles. The van der Waals surface area contributed by atoms with E-state index in [1.54, 1.807) is 30.3 Å². The average molecular weight is 332 g/mol. The highest BCUT2D eigenvalue weighted by molar-refractivity contribution is 7.89. The maximum Gasteiger partial charge on any atom is 0.241 e. The Balaban J connectivity index is 1.94. The molecule has 0 fully saturated rings. The molecule has 0 aliphatic heterocycles. The molecule has 0 aliphatic carbocycles. The molecule has 0 aromatic heterocycles. The number of nitrogens with one attached hydrogen (secondary N) is 1. The Kier molecular flexibility index (Phi) is 4.16. The molecule has 22 heavy (non-hydrogen) atoms. The van der Waals surface area contributed by atoms with Crippen molar-refractivity contribution in [3.63, 3.8) is 0 Å². The Bertz CT molecular complexity index is 917. The Morgan fingerprint density at radius 3 is 2.36 bits per heavy atom. The third kappa shape index (κ3) is 2.99. The Hall–Kier alpha value is -1.88. The molecule has 0 aliphatic rings. The largest absolute Gasteiger partial charge is 0.241 e. The molecule has 0 saturated heterocycles. The number of fused-ring (bicyclic) bond motifs is 1. The van der Waals surface area contributed by atoms with Crippen LogP contribution in [0.1, 0.15) is 5.56 Å². The van der Waals surface area contributed by atoms with E-state index in [9.17, 15) is 8.42 Å². The van der Waals surface area contributed by atoms with Crippen LogP contribution >= 0.6 is 11.6 Å². The first kappa shape index (κ1) is 15.0. The average Bonchev–Trinajstić information content (AvgIpc) is 2.53. The van der Waals surface area contributed by atoms with E-state index in [-0.39, 0.29) is 11.4 Å². The summed E-state index contributed by atoms with van der Waals surface area (Å²) in [7, 11) is -3.61. The van der Waals surface area contributed by atoms with Gasteiger partial charge >= 0.3 is 0 Å². The second-order valence-electron chi connectivity index (χ2n) is 4.89. The van der Waals surface area contributed by atoms with Crippen LogP contribution in [0.3, 0.4) is 0 Å². The van der Waals surface area contributed by atoms with Gasteiger partial charge in [-0.15, -0.1) is 0 Å². The lowest BCUT2D eigenvalue weighted by molar-refractivity contribution is 0.582. The molecule has 5 heteroatoms. The van der Waals surface area contributed by atoms with Gasteiger partial charge in [-0.3, -0.25) is 0 Å². The van der Waals surface area contributed by atoms with Crippen molar-refractivity contribution < 1.29 is 8.42 Å². The summed E-state index contributed by atoms with van der Waals surface area (Å²) in [6.45, 7) is 0.158. The van der Waals surface area contributed by atoms with Gasteiger partial charge in [-0.05, 0) is 23.1 Å². The topological polar surface area (TPSA) is 46.2 Å². The van der Waals surface area contributed by atoms with Gasteiger partial charge < -0.3 is 0 Å². The number of hydrogen-bond donors (Lipinski definition) is 1. The number of rotatable bonds is 4. The Morgan fingerprint density at radius 1 is 0.864 bits per heavy atom. The lowest BCUT2D eigenvalue weighted by Crippen LogP contribution is -2.23. The van der Waals surface area contributed by atoms with Crippen LogP contribution in [0.5, 0.6) is 0 Å². The predicted molar refractivity (Wildman–Crippen MR) is 89.4 cm³/mol. The number of benzene rings is 3. The van der Waals surface area contributed by atoms with Crippen molar-refractivity contribution in [2.45, 2.75) is 11.4 Å².